The molecule has 1 unspecified atom stereocenters. The first kappa shape index (κ1) is 15.8. The highest BCUT2D eigenvalue weighted by Crippen LogP contribution is 2.26. The standard InChI is InChI=1S/C19H24N2O3/c1-14-4-6-15(7-5-14)18-20-17(13-24-18)12-21-8-2-3-16(11-21)19-22-9-10-23-19/h4-7,13,16,19H,2-3,8-12H2,1H3. The summed E-state index contributed by atoms with van der Waals surface area (Å²) in [5.74, 6) is 1.16. The van der Waals surface area contributed by atoms with E-state index in [0.717, 1.165) is 44.1 Å². The van der Waals surface area contributed by atoms with Gasteiger partial charge in [-0.15, -0.1) is 0 Å². The first-order valence-electron chi connectivity index (χ1n) is 8.75. The van der Waals surface area contributed by atoms with Crippen molar-refractivity contribution in [1.82, 2.24) is 9.88 Å². The summed E-state index contributed by atoms with van der Waals surface area (Å²) in [4.78, 5) is 7.08. The van der Waals surface area contributed by atoms with Gasteiger partial charge in [0.1, 0.15) is 6.26 Å². The molecule has 0 spiro atoms. The average Bonchev–Trinajstić information content (AvgIpc) is 3.28. The van der Waals surface area contributed by atoms with E-state index in [9.17, 15) is 0 Å². The number of likely N-dealkylation sites (tertiary alicyclic amines) is 1. The second-order valence-electron chi connectivity index (χ2n) is 6.76. The number of benzene rings is 1. The zero-order chi connectivity index (χ0) is 16.4. The SMILES string of the molecule is Cc1ccc(-c2nc(CN3CCCC(C4OCCO4)C3)co2)cc1. The molecular weight excluding hydrogens is 304 g/mol. The first-order valence-corrected chi connectivity index (χ1v) is 8.75. The molecule has 0 radical (unpaired) electrons. The molecule has 0 aliphatic carbocycles. The van der Waals surface area contributed by atoms with E-state index in [0.29, 0.717) is 11.8 Å². The summed E-state index contributed by atoms with van der Waals surface area (Å²) in [6.07, 6.45) is 4.11. The predicted octanol–water partition coefficient (Wildman–Crippen LogP) is 3.23. The molecule has 2 aromatic rings. The maximum absolute atomic E-state index is 5.68. The van der Waals surface area contributed by atoms with Gasteiger partial charge in [0, 0.05) is 24.6 Å². The number of hydrogen-bond acceptors (Lipinski definition) is 5. The summed E-state index contributed by atoms with van der Waals surface area (Å²) in [6.45, 7) is 6.44. The minimum Gasteiger partial charge on any atom is -0.444 e. The number of piperidine rings is 1. The van der Waals surface area contributed by atoms with E-state index in [4.69, 9.17) is 13.9 Å². The molecule has 24 heavy (non-hydrogen) atoms. The van der Waals surface area contributed by atoms with Gasteiger partial charge in [0.2, 0.25) is 5.89 Å². The van der Waals surface area contributed by atoms with Crippen LogP contribution in [0.15, 0.2) is 34.9 Å². The quantitative estimate of drug-likeness (QED) is 0.862. The Morgan fingerprint density at radius 2 is 1.96 bits per heavy atom. The maximum atomic E-state index is 5.68. The molecule has 0 bridgehead atoms. The van der Waals surface area contributed by atoms with Gasteiger partial charge in [-0.05, 0) is 38.4 Å². The van der Waals surface area contributed by atoms with E-state index in [1.54, 1.807) is 6.26 Å². The van der Waals surface area contributed by atoms with Crippen molar-refractivity contribution in [3.05, 3.63) is 41.8 Å². The fraction of sp³-hybridized carbons (Fsp3) is 0.526. The van der Waals surface area contributed by atoms with Crippen LogP contribution >= 0.6 is 0 Å². The Labute approximate surface area is 142 Å². The maximum Gasteiger partial charge on any atom is 0.226 e. The molecule has 1 aromatic heterocycles. The monoisotopic (exact) mass is 328 g/mol. The van der Waals surface area contributed by atoms with Crippen molar-refractivity contribution < 1.29 is 13.9 Å². The van der Waals surface area contributed by atoms with Gasteiger partial charge < -0.3 is 13.9 Å². The second kappa shape index (κ2) is 7.05. The van der Waals surface area contributed by atoms with Crippen LogP contribution in [0, 0.1) is 12.8 Å². The van der Waals surface area contributed by atoms with Crippen LogP contribution < -0.4 is 0 Å². The normalized spacial score (nSPS) is 23.0. The largest absolute Gasteiger partial charge is 0.444 e. The second-order valence-corrected chi connectivity index (χ2v) is 6.76. The van der Waals surface area contributed by atoms with Crippen molar-refractivity contribution in [3.63, 3.8) is 0 Å². The lowest BCUT2D eigenvalue weighted by Gasteiger charge is -2.34. The van der Waals surface area contributed by atoms with Crippen LogP contribution in [0.25, 0.3) is 11.5 Å². The fourth-order valence-electron chi connectivity index (χ4n) is 3.54. The van der Waals surface area contributed by atoms with E-state index in [1.165, 1.54) is 18.4 Å². The van der Waals surface area contributed by atoms with Gasteiger partial charge in [0.25, 0.3) is 0 Å². The number of aromatic nitrogens is 1. The van der Waals surface area contributed by atoms with Crippen LogP contribution in [-0.2, 0) is 16.0 Å². The smallest absolute Gasteiger partial charge is 0.226 e. The summed E-state index contributed by atoms with van der Waals surface area (Å²) >= 11 is 0. The molecule has 128 valence electrons. The molecule has 5 heteroatoms. The zero-order valence-corrected chi connectivity index (χ0v) is 14.1. The van der Waals surface area contributed by atoms with Crippen LogP contribution in [0.3, 0.4) is 0 Å². The van der Waals surface area contributed by atoms with Gasteiger partial charge >= 0.3 is 0 Å². The van der Waals surface area contributed by atoms with Gasteiger partial charge in [-0.3, -0.25) is 4.90 Å². The average molecular weight is 328 g/mol. The molecule has 2 fully saturated rings. The molecule has 2 saturated heterocycles. The van der Waals surface area contributed by atoms with E-state index in [-0.39, 0.29) is 6.29 Å². The summed E-state index contributed by atoms with van der Waals surface area (Å²) in [7, 11) is 0. The molecule has 4 rings (SSSR count). The number of nitrogens with zero attached hydrogens (tertiary/aromatic N) is 2. The van der Waals surface area contributed by atoms with Crippen LogP contribution in [-0.4, -0.2) is 42.5 Å². The third-order valence-corrected chi connectivity index (χ3v) is 4.81. The molecule has 0 saturated carbocycles. The number of hydrogen-bond donors (Lipinski definition) is 0. The lowest BCUT2D eigenvalue weighted by atomic mass is 9.97. The van der Waals surface area contributed by atoms with Crippen LogP contribution in [0.2, 0.25) is 0 Å². The zero-order valence-electron chi connectivity index (χ0n) is 14.1. The van der Waals surface area contributed by atoms with Crippen molar-refractivity contribution in [1.29, 1.82) is 0 Å². The Morgan fingerprint density at radius 1 is 1.17 bits per heavy atom. The number of oxazole rings is 1. The summed E-state index contributed by atoms with van der Waals surface area (Å²) < 4.78 is 17.0. The predicted molar refractivity (Wildman–Crippen MR) is 90.4 cm³/mol. The number of rotatable bonds is 4. The minimum absolute atomic E-state index is 0.0202. The Hall–Kier alpha value is -1.69. The topological polar surface area (TPSA) is 47.7 Å². The third kappa shape index (κ3) is 3.53. The fourth-order valence-corrected chi connectivity index (χ4v) is 3.54. The van der Waals surface area contributed by atoms with E-state index >= 15 is 0 Å². The molecule has 5 nitrogen and oxygen atoms in total. The van der Waals surface area contributed by atoms with E-state index < -0.39 is 0 Å². The van der Waals surface area contributed by atoms with Gasteiger partial charge in [-0.2, -0.15) is 0 Å². The van der Waals surface area contributed by atoms with Crippen LogP contribution in [0.5, 0.6) is 0 Å². The summed E-state index contributed by atoms with van der Waals surface area (Å²) in [6, 6.07) is 8.26. The summed E-state index contributed by atoms with van der Waals surface area (Å²) in [5, 5.41) is 0. The molecular formula is C19H24N2O3. The highest BCUT2D eigenvalue weighted by molar-refractivity contribution is 5.53. The molecule has 2 aliphatic heterocycles. The van der Waals surface area contributed by atoms with Gasteiger partial charge in [0.05, 0.1) is 18.9 Å². The van der Waals surface area contributed by atoms with Crippen molar-refractivity contribution in [3.8, 4) is 11.5 Å². The highest BCUT2D eigenvalue weighted by Gasteiger charge is 2.31. The van der Waals surface area contributed by atoms with E-state index in [2.05, 4.69) is 41.1 Å². The lowest BCUT2D eigenvalue weighted by molar-refractivity contribution is -0.101. The Kier molecular flexibility index (Phi) is 4.65. The lowest BCUT2D eigenvalue weighted by Crippen LogP contribution is -2.40. The molecule has 0 amide bonds. The van der Waals surface area contributed by atoms with Crippen molar-refractivity contribution in [2.75, 3.05) is 26.3 Å². The van der Waals surface area contributed by atoms with Gasteiger partial charge in [0.15, 0.2) is 6.29 Å². The highest BCUT2D eigenvalue weighted by atomic mass is 16.7. The van der Waals surface area contributed by atoms with E-state index in [1.807, 2.05) is 0 Å². The minimum atomic E-state index is -0.0202. The Bertz CT molecular complexity index is 662. The molecule has 1 atom stereocenters. The Morgan fingerprint density at radius 3 is 2.75 bits per heavy atom. The first-order chi connectivity index (χ1) is 11.8. The van der Waals surface area contributed by atoms with Crippen molar-refractivity contribution in [2.24, 2.45) is 5.92 Å². The van der Waals surface area contributed by atoms with Crippen molar-refractivity contribution >= 4 is 0 Å². The van der Waals surface area contributed by atoms with Crippen LogP contribution in [0.4, 0.5) is 0 Å². The number of ether oxygens (including phenoxy) is 2. The third-order valence-electron chi connectivity index (χ3n) is 4.81. The van der Waals surface area contributed by atoms with Crippen LogP contribution in [0.1, 0.15) is 24.1 Å². The van der Waals surface area contributed by atoms with Gasteiger partial charge in [-0.1, -0.05) is 17.7 Å². The number of aryl methyl sites for hydroxylation is 1. The Balaban J connectivity index is 1.39. The summed E-state index contributed by atoms with van der Waals surface area (Å²) in [5.41, 5.74) is 3.25. The molecule has 3 heterocycles. The molecule has 0 N–H and O–H groups in total. The molecule has 1 aromatic carbocycles. The van der Waals surface area contributed by atoms with Gasteiger partial charge in [-0.25, -0.2) is 4.98 Å². The van der Waals surface area contributed by atoms with Crippen molar-refractivity contribution in [2.45, 2.75) is 32.6 Å². The molecule has 2 aliphatic rings.